The van der Waals surface area contributed by atoms with Crippen molar-refractivity contribution in [1.29, 1.82) is 0 Å². The maximum atomic E-state index is 13.1. The lowest BCUT2D eigenvalue weighted by molar-refractivity contribution is 0.0303. The van der Waals surface area contributed by atoms with E-state index in [4.69, 9.17) is 9.47 Å². The molecule has 10 heteroatoms. The first-order chi connectivity index (χ1) is 15.9. The van der Waals surface area contributed by atoms with Gasteiger partial charge in [-0.2, -0.15) is 4.31 Å². The van der Waals surface area contributed by atoms with Crippen molar-refractivity contribution in [3.05, 3.63) is 59.2 Å². The van der Waals surface area contributed by atoms with E-state index in [1.165, 1.54) is 10.4 Å². The van der Waals surface area contributed by atoms with Gasteiger partial charge in [0.1, 0.15) is 0 Å². The maximum Gasteiger partial charge on any atom is 0.256 e. The zero-order valence-electron chi connectivity index (χ0n) is 18.5. The highest BCUT2D eigenvalue weighted by molar-refractivity contribution is 7.89. The minimum Gasteiger partial charge on any atom is -0.379 e. The molecule has 0 aliphatic carbocycles. The van der Waals surface area contributed by atoms with Crippen molar-refractivity contribution in [3.63, 3.8) is 0 Å². The Labute approximate surface area is 193 Å². The van der Waals surface area contributed by atoms with Crippen LogP contribution in [-0.2, 0) is 19.5 Å². The fourth-order valence-electron chi connectivity index (χ4n) is 3.86. The normalized spacial score (nSPS) is 17.5. The number of amides is 2. The Morgan fingerprint density at radius 3 is 2.24 bits per heavy atom. The standard InChI is InChI=1S/C23H27N3O6S/c1-17-6-7-18(16-21(17)33(29,30)26-10-14-32-15-11-26)22(27)24-20-5-3-2-4-19(20)23(28)25-8-12-31-13-9-25/h2-7,16H,8-15H2,1H3,(H,24,27). The number of anilines is 1. The summed E-state index contributed by atoms with van der Waals surface area (Å²) in [7, 11) is -3.76. The molecule has 33 heavy (non-hydrogen) atoms. The summed E-state index contributed by atoms with van der Waals surface area (Å²) in [6.45, 7) is 4.85. The number of aryl methyl sites for hydroxylation is 1. The summed E-state index contributed by atoms with van der Waals surface area (Å²) in [6, 6.07) is 11.4. The molecular formula is C23H27N3O6S. The van der Waals surface area contributed by atoms with Gasteiger partial charge in [-0.05, 0) is 36.8 Å². The van der Waals surface area contributed by atoms with Gasteiger partial charge in [0, 0.05) is 31.7 Å². The summed E-state index contributed by atoms with van der Waals surface area (Å²) >= 11 is 0. The van der Waals surface area contributed by atoms with E-state index in [2.05, 4.69) is 5.32 Å². The van der Waals surface area contributed by atoms with E-state index >= 15 is 0 Å². The lowest BCUT2D eigenvalue weighted by Crippen LogP contribution is -2.41. The number of morpholine rings is 2. The second-order valence-corrected chi connectivity index (χ2v) is 9.81. The smallest absolute Gasteiger partial charge is 0.256 e. The number of hydrogen-bond acceptors (Lipinski definition) is 6. The average Bonchev–Trinajstić information content (AvgIpc) is 2.85. The molecule has 0 unspecified atom stereocenters. The van der Waals surface area contributed by atoms with Crippen LogP contribution in [0.4, 0.5) is 5.69 Å². The Hall–Kier alpha value is -2.79. The average molecular weight is 474 g/mol. The van der Waals surface area contributed by atoms with Crippen molar-refractivity contribution in [2.45, 2.75) is 11.8 Å². The topological polar surface area (TPSA) is 105 Å². The Kier molecular flexibility index (Phi) is 7.08. The van der Waals surface area contributed by atoms with Gasteiger partial charge in [-0.3, -0.25) is 9.59 Å². The number of sulfonamides is 1. The van der Waals surface area contributed by atoms with Crippen molar-refractivity contribution in [2.75, 3.05) is 57.9 Å². The molecule has 0 atom stereocenters. The van der Waals surface area contributed by atoms with Crippen LogP contribution in [0.3, 0.4) is 0 Å². The summed E-state index contributed by atoms with van der Waals surface area (Å²) in [4.78, 5) is 27.8. The number of rotatable bonds is 5. The summed E-state index contributed by atoms with van der Waals surface area (Å²) in [5.41, 5.74) is 1.50. The fraction of sp³-hybridized carbons (Fsp3) is 0.391. The highest BCUT2D eigenvalue weighted by Gasteiger charge is 2.29. The number of hydrogen-bond donors (Lipinski definition) is 1. The number of benzene rings is 2. The Morgan fingerprint density at radius 2 is 1.55 bits per heavy atom. The van der Waals surface area contributed by atoms with Crippen LogP contribution in [0, 0.1) is 6.92 Å². The molecule has 2 amide bonds. The van der Waals surface area contributed by atoms with Gasteiger partial charge in [0.25, 0.3) is 11.8 Å². The zero-order chi connectivity index (χ0) is 23.4. The molecule has 176 valence electrons. The van der Waals surface area contributed by atoms with E-state index in [1.807, 2.05) is 0 Å². The van der Waals surface area contributed by atoms with Crippen molar-refractivity contribution < 1.29 is 27.5 Å². The summed E-state index contributed by atoms with van der Waals surface area (Å²) in [5.74, 6) is -0.677. The predicted octanol–water partition coefficient (Wildman–Crippen LogP) is 1.74. The number of para-hydroxylation sites is 1. The van der Waals surface area contributed by atoms with Gasteiger partial charge in [0.15, 0.2) is 0 Å². The fourth-order valence-corrected chi connectivity index (χ4v) is 5.51. The molecule has 2 heterocycles. The van der Waals surface area contributed by atoms with Crippen LogP contribution in [0.1, 0.15) is 26.3 Å². The lowest BCUT2D eigenvalue weighted by Gasteiger charge is -2.27. The molecule has 1 N–H and O–H groups in total. The van der Waals surface area contributed by atoms with E-state index in [9.17, 15) is 18.0 Å². The van der Waals surface area contributed by atoms with Crippen LogP contribution in [0.15, 0.2) is 47.4 Å². The lowest BCUT2D eigenvalue weighted by atomic mass is 10.1. The van der Waals surface area contributed by atoms with E-state index < -0.39 is 15.9 Å². The van der Waals surface area contributed by atoms with Crippen LogP contribution in [-0.4, -0.2) is 82.0 Å². The van der Waals surface area contributed by atoms with Crippen LogP contribution in [0.25, 0.3) is 0 Å². The van der Waals surface area contributed by atoms with E-state index in [-0.39, 0.29) is 29.5 Å². The van der Waals surface area contributed by atoms with E-state index in [0.717, 1.165) is 0 Å². The second kappa shape index (κ2) is 10.0. The molecule has 0 saturated carbocycles. The monoisotopic (exact) mass is 473 g/mol. The number of nitrogens with one attached hydrogen (secondary N) is 1. The quantitative estimate of drug-likeness (QED) is 0.709. The number of ether oxygens (including phenoxy) is 2. The maximum absolute atomic E-state index is 13.1. The molecule has 2 aromatic carbocycles. The molecule has 9 nitrogen and oxygen atoms in total. The third-order valence-corrected chi connectivity index (χ3v) is 7.78. The van der Waals surface area contributed by atoms with Gasteiger partial charge in [0.05, 0.1) is 42.6 Å². The first kappa shape index (κ1) is 23.4. The molecule has 2 aliphatic heterocycles. The highest BCUT2D eigenvalue weighted by atomic mass is 32.2. The molecule has 4 rings (SSSR count). The number of carbonyl (C=O) groups is 2. The van der Waals surface area contributed by atoms with Gasteiger partial charge >= 0.3 is 0 Å². The van der Waals surface area contributed by atoms with Crippen LogP contribution >= 0.6 is 0 Å². The Bertz CT molecular complexity index is 1140. The third kappa shape index (κ3) is 5.09. The molecule has 0 bridgehead atoms. The molecule has 2 aliphatic rings. The number of nitrogens with zero attached hydrogens (tertiary/aromatic N) is 2. The largest absolute Gasteiger partial charge is 0.379 e. The van der Waals surface area contributed by atoms with Crippen molar-refractivity contribution in [3.8, 4) is 0 Å². The molecule has 0 spiro atoms. The Balaban J connectivity index is 1.58. The molecule has 0 radical (unpaired) electrons. The van der Waals surface area contributed by atoms with Gasteiger partial charge in [0.2, 0.25) is 10.0 Å². The third-order valence-electron chi connectivity index (χ3n) is 5.74. The summed E-state index contributed by atoms with van der Waals surface area (Å²) in [5, 5.41) is 2.78. The van der Waals surface area contributed by atoms with Gasteiger partial charge in [-0.25, -0.2) is 8.42 Å². The zero-order valence-corrected chi connectivity index (χ0v) is 19.3. The molecular weight excluding hydrogens is 446 g/mol. The molecule has 2 saturated heterocycles. The summed E-state index contributed by atoms with van der Waals surface area (Å²) < 4.78 is 38.2. The molecule has 0 aromatic heterocycles. The van der Waals surface area contributed by atoms with Gasteiger partial charge in [-0.1, -0.05) is 18.2 Å². The van der Waals surface area contributed by atoms with Crippen molar-refractivity contribution in [2.24, 2.45) is 0 Å². The first-order valence-electron chi connectivity index (χ1n) is 10.8. The molecule has 2 fully saturated rings. The summed E-state index contributed by atoms with van der Waals surface area (Å²) in [6.07, 6.45) is 0. The molecule has 2 aromatic rings. The SMILES string of the molecule is Cc1ccc(C(=O)Nc2ccccc2C(=O)N2CCOCC2)cc1S(=O)(=O)N1CCOCC1. The van der Waals surface area contributed by atoms with Crippen LogP contribution in [0.2, 0.25) is 0 Å². The Morgan fingerprint density at radius 1 is 0.909 bits per heavy atom. The minimum absolute atomic E-state index is 0.0923. The van der Waals surface area contributed by atoms with Crippen molar-refractivity contribution in [1.82, 2.24) is 9.21 Å². The number of carbonyl (C=O) groups excluding carboxylic acids is 2. The van der Waals surface area contributed by atoms with Crippen LogP contribution in [0.5, 0.6) is 0 Å². The van der Waals surface area contributed by atoms with Crippen molar-refractivity contribution >= 4 is 27.5 Å². The van der Waals surface area contributed by atoms with Crippen LogP contribution < -0.4 is 5.32 Å². The van der Waals surface area contributed by atoms with E-state index in [1.54, 1.807) is 48.2 Å². The van der Waals surface area contributed by atoms with E-state index in [0.29, 0.717) is 56.3 Å². The second-order valence-electron chi connectivity index (χ2n) is 7.90. The minimum atomic E-state index is -3.76. The first-order valence-corrected chi connectivity index (χ1v) is 12.3. The van der Waals surface area contributed by atoms with Gasteiger partial charge < -0.3 is 19.7 Å². The van der Waals surface area contributed by atoms with Gasteiger partial charge in [-0.15, -0.1) is 0 Å². The highest BCUT2D eigenvalue weighted by Crippen LogP contribution is 2.24. The predicted molar refractivity (Wildman–Crippen MR) is 122 cm³/mol.